The average Bonchev–Trinajstić information content (AvgIpc) is 3.66. The van der Waals surface area contributed by atoms with Gasteiger partial charge in [-0.05, 0) is 58.9 Å². The summed E-state index contributed by atoms with van der Waals surface area (Å²) in [7, 11) is -2.07. The van der Waals surface area contributed by atoms with Gasteiger partial charge in [0.25, 0.3) is 0 Å². The Labute approximate surface area is 337 Å². The van der Waals surface area contributed by atoms with E-state index < -0.39 is 28.3 Å². The van der Waals surface area contributed by atoms with Gasteiger partial charge < -0.3 is 24.5 Å². The van der Waals surface area contributed by atoms with Crippen LogP contribution in [0.3, 0.4) is 0 Å². The van der Waals surface area contributed by atoms with Crippen molar-refractivity contribution in [1.82, 2.24) is 24.8 Å². The fourth-order valence-electron chi connectivity index (χ4n) is 6.69. The Morgan fingerprint density at radius 3 is 2.28 bits per heavy atom. The van der Waals surface area contributed by atoms with Crippen LogP contribution in [0.4, 0.5) is 0 Å². The minimum absolute atomic E-state index is 0.0266. The van der Waals surface area contributed by atoms with Crippen molar-refractivity contribution in [2.45, 2.75) is 67.5 Å². The highest BCUT2D eigenvalue weighted by Crippen LogP contribution is 2.40. The molecule has 1 saturated heterocycles. The van der Waals surface area contributed by atoms with Crippen LogP contribution in [0.5, 0.6) is 0 Å². The van der Waals surface area contributed by atoms with E-state index in [1.54, 1.807) is 30.2 Å². The number of amides is 1. The molecule has 57 heavy (non-hydrogen) atoms. The zero-order valence-corrected chi connectivity index (χ0v) is 33.3. The number of carbonyl (C=O) groups is 1. The quantitative estimate of drug-likeness (QED) is 0.0953. The van der Waals surface area contributed by atoms with Gasteiger partial charge in [0.15, 0.2) is 11.4 Å². The monoisotopic (exact) mass is 803 g/mol. The molecule has 3 N–H and O–H groups in total. The Morgan fingerprint density at radius 2 is 1.58 bits per heavy atom. The lowest BCUT2D eigenvalue weighted by Gasteiger charge is -2.36. The van der Waals surface area contributed by atoms with Gasteiger partial charge in [-0.15, -0.1) is 10.2 Å². The Morgan fingerprint density at radius 1 is 0.877 bits per heavy atom. The van der Waals surface area contributed by atoms with Gasteiger partial charge in [0.2, 0.25) is 15.9 Å². The van der Waals surface area contributed by atoms with Crippen molar-refractivity contribution < 1.29 is 27.8 Å². The zero-order chi connectivity index (χ0) is 39.8. The normalized spacial score (nSPS) is 17.6. The van der Waals surface area contributed by atoms with Gasteiger partial charge in [-0.2, -0.15) is 4.72 Å². The van der Waals surface area contributed by atoms with Crippen LogP contribution in [0.2, 0.25) is 0 Å². The number of aryl methyl sites for hydroxylation is 2. The number of nitrogens with zero attached hydrogens (tertiary/aromatic N) is 3. The van der Waals surface area contributed by atoms with Crippen molar-refractivity contribution in [2.75, 3.05) is 5.75 Å². The van der Waals surface area contributed by atoms with Crippen molar-refractivity contribution >= 4 is 27.7 Å². The summed E-state index contributed by atoms with van der Waals surface area (Å²) in [5.41, 5.74) is 7.20. The lowest BCUT2D eigenvalue weighted by atomic mass is 9.97. The number of aliphatic hydroxyl groups excluding tert-OH is 1. The molecule has 1 aliphatic heterocycles. The molecule has 0 aliphatic carbocycles. The number of carbonyl (C=O) groups excluding carboxylic acids is 1. The van der Waals surface area contributed by atoms with E-state index in [-0.39, 0.29) is 36.7 Å². The molecule has 0 saturated carbocycles. The predicted octanol–water partition coefficient (Wildman–Crippen LogP) is 6.83. The maximum atomic E-state index is 13.8. The largest absolute Gasteiger partial charge is 0.392 e. The molecule has 0 bridgehead atoms. The Balaban J connectivity index is 1.07. The van der Waals surface area contributed by atoms with Crippen LogP contribution in [0.1, 0.15) is 52.2 Å². The van der Waals surface area contributed by atoms with E-state index >= 15 is 0 Å². The average molecular weight is 804 g/mol. The minimum atomic E-state index is -3.98. The fourth-order valence-corrected chi connectivity index (χ4v) is 8.79. The van der Waals surface area contributed by atoms with E-state index in [2.05, 4.69) is 20.2 Å². The van der Waals surface area contributed by atoms with Crippen LogP contribution in [0, 0.1) is 6.92 Å². The molecule has 5 aromatic carbocycles. The number of thioether (sulfide) groups is 1. The summed E-state index contributed by atoms with van der Waals surface area (Å²) in [6.45, 7) is 2.04. The second-order valence-corrected chi connectivity index (χ2v) is 16.8. The van der Waals surface area contributed by atoms with Crippen LogP contribution < -0.4 is 10.0 Å². The molecule has 11 nitrogen and oxygen atoms in total. The summed E-state index contributed by atoms with van der Waals surface area (Å²) in [5, 5.41) is 21.6. The first-order chi connectivity index (χ1) is 27.6. The zero-order valence-electron chi connectivity index (χ0n) is 31.7. The molecular weight excluding hydrogens is 759 g/mol. The first-order valence-corrected chi connectivity index (χ1v) is 21.2. The molecule has 7 rings (SSSR count). The number of aliphatic hydroxyl groups is 1. The summed E-state index contributed by atoms with van der Waals surface area (Å²) in [5.74, 6) is 0.229. The van der Waals surface area contributed by atoms with Crippen LogP contribution >= 0.6 is 11.8 Å². The molecular formula is C44H45N5O6S2. The molecule has 0 spiro atoms. The van der Waals surface area contributed by atoms with Crippen molar-refractivity contribution in [2.24, 2.45) is 7.05 Å². The highest BCUT2D eigenvalue weighted by Gasteiger charge is 2.33. The third kappa shape index (κ3) is 10.2. The summed E-state index contributed by atoms with van der Waals surface area (Å²) in [6.07, 6.45) is 1.52. The van der Waals surface area contributed by atoms with Crippen molar-refractivity contribution in [3.05, 3.63) is 167 Å². The summed E-state index contributed by atoms with van der Waals surface area (Å²) in [6, 6.07) is 38.5. The third-order valence-corrected chi connectivity index (χ3v) is 12.5. The summed E-state index contributed by atoms with van der Waals surface area (Å²) < 4.78 is 44.4. The Kier molecular flexibility index (Phi) is 12.9. The molecule has 294 valence electrons. The van der Waals surface area contributed by atoms with E-state index in [4.69, 9.17) is 9.47 Å². The van der Waals surface area contributed by atoms with Crippen LogP contribution in [0.25, 0.3) is 11.1 Å². The highest BCUT2D eigenvalue weighted by atomic mass is 32.2. The van der Waals surface area contributed by atoms with E-state index in [1.165, 1.54) is 12.1 Å². The highest BCUT2D eigenvalue weighted by molar-refractivity contribution is 7.99. The van der Waals surface area contributed by atoms with Crippen LogP contribution in [-0.2, 0) is 50.9 Å². The van der Waals surface area contributed by atoms with Crippen molar-refractivity contribution in [3.8, 4) is 11.1 Å². The number of rotatable bonds is 15. The van der Waals surface area contributed by atoms with E-state index in [0.29, 0.717) is 12.2 Å². The number of hydrogen-bond acceptors (Lipinski definition) is 9. The topological polar surface area (TPSA) is 145 Å². The summed E-state index contributed by atoms with van der Waals surface area (Å²) >= 11 is 1.58. The molecule has 13 heteroatoms. The van der Waals surface area contributed by atoms with Gasteiger partial charge >= 0.3 is 0 Å². The minimum Gasteiger partial charge on any atom is -0.392 e. The first-order valence-electron chi connectivity index (χ1n) is 18.7. The van der Waals surface area contributed by atoms with Gasteiger partial charge in [-0.3, -0.25) is 4.79 Å². The van der Waals surface area contributed by atoms with Crippen molar-refractivity contribution in [3.63, 3.8) is 0 Å². The standard InChI is InChI=1S/C44H45N5O6S2/c1-30-12-22-38(23-13-30)57(52,53)48-40(24-31-8-4-3-5-9-31)42(51)45-26-36-10-6-7-11-39(36)33-18-20-35(21-19-33)43-54-37(28-56-44-47-46-29-49(44)2)25-41(55-43)34-16-14-32(27-50)15-17-34/h3-23,29,37,40-41,43,48,50H,24-28H2,1-2H3,(H,45,51)/t37-,40+,41+,43+/m0/s1. The second kappa shape index (κ2) is 18.4. The molecule has 0 unspecified atom stereocenters. The van der Waals surface area contributed by atoms with Gasteiger partial charge in [0.05, 0.1) is 23.7 Å². The van der Waals surface area contributed by atoms with Crippen LogP contribution in [-0.4, -0.2) is 52.1 Å². The molecule has 1 fully saturated rings. The lowest BCUT2D eigenvalue weighted by molar-refractivity contribution is -0.245. The van der Waals surface area contributed by atoms with E-state index in [1.807, 2.05) is 122 Å². The maximum Gasteiger partial charge on any atom is 0.241 e. The van der Waals surface area contributed by atoms with E-state index in [9.17, 15) is 18.3 Å². The van der Waals surface area contributed by atoms with Gasteiger partial charge in [-0.25, -0.2) is 8.42 Å². The first kappa shape index (κ1) is 40.1. The molecule has 1 aliphatic rings. The fraction of sp³-hybridized carbons (Fsp3) is 0.250. The maximum absolute atomic E-state index is 13.8. The Hall–Kier alpha value is -5.15. The van der Waals surface area contributed by atoms with Gasteiger partial charge in [-0.1, -0.05) is 133 Å². The van der Waals surface area contributed by atoms with Crippen molar-refractivity contribution in [1.29, 1.82) is 0 Å². The number of nitrogens with one attached hydrogen (secondary N) is 2. The molecule has 0 radical (unpaired) electrons. The number of aromatic nitrogens is 3. The molecule has 1 amide bonds. The molecule has 4 atom stereocenters. The SMILES string of the molecule is Cc1ccc(S(=O)(=O)N[C@H](Cc2ccccc2)C(=O)NCc2ccccc2-c2ccc([C@@H]3O[C@H](CSc4nncn4C)C[C@H](c4ccc(CO)cc4)O3)cc2)cc1. The summed E-state index contributed by atoms with van der Waals surface area (Å²) in [4.78, 5) is 13.9. The van der Waals surface area contributed by atoms with Gasteiger partial charge in [0, 0.05) is 31.3 Å². The molecule has 6 aromatic rings. The molecule has 2 heterocycles. The lowest BCUT2D eigenvalue weighted by Crippen LogP contribution is -2.47. The molecule has 1 aromatic heterocycles. The van der Waals surface area contributed by atoms with Gasteiger partial charge in [0.1, 0.15) is 12.4 Å². The van der Waals surface area contributed by atoms with Crippen LogP contribution in [0.15, 0.2) is 144 Å². The Bertz CT molecular complexity index is 2360. The predicted molar refractivity (Wildman–Crippen MR) is 219 cm³/mol. The number of hydrogen-bond donors (Lipinski definition) is 3. The second-order valence-electron chi connectivity index (χ2n) is 14.1. The number of ether oxygens (including phenoxy) is 2. The number of benzene rings is 5. The smallest absolute Gasteiger partial charge is 0.241 e. The third-order valence-electron chi connectivity index (χ3n) is 9.88. The number of sulfonamides is 1. The van der Waals surface area contributed by atoms with E-state index in [0.717, 1.165) is 49.7 Å².